The van der Waals surface area contributed by atoms with E-state index in [1.807, 2.05) is 19.1 Å². The van der Waals surface area contributed by atoms with Crippen LogP contribution < -0.4 is 5.32 Å². The van der Waals surface area contributed by atoms with Gasteiger partial charge in [0.2, 0.25) is 0 Å². The molecular formula is C13H12ClNO2. The molecule has 1 heterocycles. The number of fused-ring (bicyclic) bond motifs is 1. The Morgan fingerprint density at radius 3 is 2.88 bits per heavy atom. The third kappa shape index (κ3) is 1.80. The van der Waals surface area contributed by atoms with Gasteiger partial charge in [-0.15, -0.1) is 0 Å². The number of halogens is 1. The van der Waals surface area contributed by atoms with Gasteiger partial charge < -0.3 is 9.73 Å². The van der Waals surface area contributed by atoms with E-state index in [2.05, 4.69) is 5.32 Å². The highest BCUT2D eigenvalue weighted by Gasteiger charge is 2.27. The van der Waals surface area contributed by atoms with Crippen molar-refractivity contribution in [1.82, 2.24) is 5.32 Å². The molecule has 0 bridgehead atoms. The second-order valence-electron chi connectivity index (χ2n) is 4.42. The summed E-state index contributed by atoms with van der Waals surface area (Å²) in [5, 5.41) is 4.35. The molecule has 1 aliphatic carbocycles. The molecule has 4 heteroatoms. The zero-order chi connectivity index (χ0) is 12.0. The van der Waals surface area contributed by atoms with E-state index in [0.717, 1.165) is 23.8 Å². The van der Waals surface area contributed by atoms with Crippen LogP contribution in [0.2, 0.25) is 5.02 Å². The number of carbonyl (C=O) groups is 1. The molecule has 1 aromatic carbocycles. The molecule has 0 spiro atoms. The molecule has 0 saturated heterocycles. The van der Waals surface area contributed by atoms with Crippen LogP contribution in [0.25, 0.3) is 11.0 Å². The second kappa shape index (κ2) is 3.77. The molecule has 0 radical (unpaired) electrons. The lowest BCUT2D eigenvalue weighted by Crippen LogP contribution is -2.25. The summed E-state index contributed by atoms with van der Waals surface area (Å²) in [6.07, 6.45) is 2.12. The van der Waals surface area contributed by atoms with E-state index in [9.17, 15) is 4.79 Å². The predicted octanol–water partition coefficient (Wildman–Crippen LogP) is 3.29. The van der Waals surface area contributed by atoms with E-state index in [1.54, 1.807) is 6.07 Å². The highest BCUT2D eigenvalue weighted by molar-refractivity contribution is 6.35. The Labute approximate surface area is 104 Å². The van der Waals surface area contributed by atoms with Gasteiger partial charge in [0.1, 0.15) is 0 Å². The zero-order valence-corrected chi connectivity index (χ0v) is 10.2. The first kappa shape index (κ1) is 10.7. The van der Waals surface area contributed by atoms with Crippen molar-refractivity contribution in [2.45, 2.75) is 25.8 Å². The van der Waals surface area contributed by atoms with Gasteiger partial charge in [-0.25, -0.2) is 0 Å². The summed E-state index contributed by atoms with van der Waals surface area (Å²) < 4.78 is 5.58. The minimum Gasteiger partial charge on any atom is -0.449 e. The van der Waals surface area contributed by atoms with Crippen molar-refractivity contribution < 1.29 is 9.21 Å². The van der Waals surface area contributed by atoms with Crippen LogP contribution in [0.4, 0.5) is 0 Å². The van der Waals surface area contributed by atoms with E-state index < -0.39 is 0 Å². The van der Waals surface area contributed by atoms with E-state index in [1.165, 1.54) is 0 Å². The smallest absolute Gasteiger partial charge is 0.287 e. The van der Waals surface area contributed by atoms with Crippen LogP contribution in [-0.4, -0.2) is 11.9 Å². The largest absolute Gasteiger partial charge is 0.449 e. The standard InChI is InChI=1S/C13H12ClNO2/c1-7-9-3-2-4-10(14)12(9)17-11(7)13(16)15-8-5-6-8/h2-4,8H,5-6H2,1H3,(H,15,16). The average Bonchev–Trinajstić information content (AvgIpc) is 3.04. The quantitative estimate of drug-likeness (QED) is 0.888. The fourth-order valence-electron chi connectivity index (χ4n) is 1.90. The molecule has 0 aliphatic heterocycles. The highest BCUT2D eigenvalue weighted by atomic mass is 35.5. The number of rotatable bonds is 2. The van der Waals surface area contributed by atoms with Crippen molar-refractivity contribution in [3.05, 3.63) is 34.5 Å². The van der Waals surface area contributed by atoms with Gasteiger partial charge in [0.25, 0.3) is 5.91 Å². The molecule has 0 unspecified atom stereocenters. The highest BCUT2D eigenvalue weighted by Crippen LogP contribution is 2.31. The van der Waals surface area contributed by atoms with Crippen LogP contribution in [0.3, 0.4) is 0 Å². The molecule has 3 nitrogen and oxygen atoms in total. The van der Waals surface area contributed by atoms with Crippen LogP contribution in [0.5, 0.6) is 0 Å². The summed E-state index contributed by atoms with van der Waals surface area (Å²) in [6, 6.07) is 5.85. The van der Waals surface area contributed by atoms with Crippen molar-refractivity contribution in [1.29, 1.82) is 0 Å². The number of aryl methyl sites for hydroxylation is 1. The van der Waals surface area contributed by atoms with E-state index in [-0.39, 0.29) is 5.91 Å². The van der Waals surface area contributed by atoms with Crippen LogP contribution in [-0.2, 0) is 0 Å². The summed E-state index contributed by atoms with van der Waals surface area (Å²) in [5.41, 5.74) is 1.44. The lowest BCUT2D eigenvalue weighted by molar-refractivity contribution is 0.0924. The summed E-state index contributed by atoms with van der Waals surface area (Å²) in [6.45, 7) is 1.88. The van der Waals surface area contributed by atoms with E-state index >= 15 is 0 Å². The maximum absolute atomic E-state index is 11.9. The molecule has 88 valence electrons. The first-order valence-corrected chi connectivity index (χ1v) is 6.03. The Kier molecular flexibility index (Phi) is 2.37. The number of hydrogen-bond donors (Lipinski definition) is 1. The number of benzene rings is 1. The van der Waals surface area contributed by atoms with Crippen molar-refractivity contribution in [3.8, 4) is 0 Å². The van der Waals surface area contributed by atoms with Gasteiger partial charge in [-0.05, 0) is 25.8 Å². The molecule has 3 rings (SSSR count). The van der Waals surface area contributed by atoms with Crippen LogP contribution in [0, 0.1) is 6.92 Å². The van der Waals surface area contributed by atoms with Gasteiger partial charge in [0.05, 0.1) is 5.02 Å². The topological polar surface area (TPSA) is 42.2 Å². The van der Waals surface area contributed by atoms with Crippen LogP contribution >= 0.6 is 11.6 Å². The number of carbonyl (C=O) groups excluding carboxylic acids is 1. The summed E-state index contributed by atoms with van der Waals surface area (Å²) in [5.74, 6) is 0.234. The Morgan fingerprint density at radius 2 is 2.24 bits per heavy atom. The van der Waals surface area contributed by atoms with Crippen molar-refractivity contribution in [2.24, 2.45) is 0 Å². The number of hydrogen-bond acceptors (Lipinski definition) is 2. The van der Waals surface area contributed by atoms with Gasteiger partial charge in [-0.3, -0.25) is 4.79 Å². The Balaban J connectivity index is 2.07. The molecule has 1 aliphatic rings. The molecule has 1 N–H and O–H groups in total. The second-order valence-corrected chi connectivity index (χ2v) is 4.83. The maximum Gasteiger partial charge on any atom is 0.287 e. The summed E-state index contributed by atoms with van der Waals surface area (Å²) in [4.78, 5) is 11.9. The summed E-state index contributed by atoms with van der Waals surface area (Å²) >= 11 is 6.04. The third-order valence-corrected chi connectivity index (χ3v) is 3.33. The molecule has 1 amide bonds. The summed E-state index contributed by atoms with van der Waals surface area (Å²) in [7, 11) is 0. The van der Waals surface area contributed by atoms with E-state index in [4.69, 9.17) is 16.0 Å². The lowest BCUT2D eigenvalue weighted by Gasteiger charge is -1.99. The monoisotopic (exact) mass is 249 g/mol. The van der Waals surface area contributed by atoms with Gasteiger partial charge in [0, 0.05) is 17.0 Å². The molecule has 2 aromatic rings. The van der Waals surface area contributed by atoms with Crippen LogP contribution in [0.1, 0.15) is 29.0 Å². The molecular weight excluding hydrogens is 238 g/mol. The molecule has 1 saturated carbocycles. The number of para-hydroxylation sites is 1. The molecule has 0 atom stereocenters. The molecule has 1 aromatic heterocycles. The zero-order valence-electron chi connectivity index (χ0n) is 9.42. The fourth-order valence-corrected chi connectivity index (χ4v) is 2.12. The minimum atomic E-state index is -0.141. The van der Waals surface area contributed by atoms with Crippen LogP contribution in [0.15, 0.2) is 22.6 Å². The van der Waals surface area contributed by atoms with Crippen molar-refractivity contribution in [2.75, 3.05) is 0 Å². The minimum absolute atomic E-state index is 0.141. The molecule has 1 fully saturated rings. The number of nitrogens with one attached hydrogen (secondary N) is 1. The first-order valence-electron chi connectivity index (χ1n) is 5.65. The number of amides is 1. The SMILES string of the molecule is Cc1c(C(=O)NC2CC2)oc2c(Cl)cccc12. The van der Waals surface area contributed by atoms with Gasteiger partial charge in [-0.1, -0.05) is 23.7 Å². The third-order valence-electron chi connectivity index (χ3n) is 3.03. The molecule has 17 heavy (non-hydrogen) atoms. The Morgan fingerprint density at radius 1 is 1.47 bits per heavy atom. The van der Waals surface area contributed by atoms with Gasteiger partial charge in [-0.2, -0.15) is 0 Å². The normalized spacial score (nSPS) is 15.2. The average molecular weight is 250 g/mol. The number of furan rings is 1. The van der Waals surface area contributed by atoms with Gasteiger partial charge in [0.15, 0.2) is 11.3 Å². The van der Waals surface area contributed by atoms with Crippen molar-refractivity contribution in [3.63, 3.8) is 0 Å². The fraction of sp³-hybridized carbons (Fsp3) is 0.308. The predicted molar refractivity (Wildman–Crippen MR) is 66.4 cm³/mol. The first-order chi connectivity index (χ1) is 8.16. The lowest BCUT2D eigenvalue weighted by atomic mass is 10.1. The van der Waals surface area contributed by atoms with E-state index in [0.29, 0.717) is 22.4 Å². The van der Waals surface area contributed by atoms with Gasteiger partial charge >= 0.3 is 0 Å². The maximum atomic E-state index is 11.9. The Bertz CT molecular complexity index is 599. The van der Waals surface area contributed by atoms with Crippen molar-refractivity contribution >= 4 is 28.5 Å². The Hall–Kier alpha value is -1.48.